The Morgan fingerprint density at radius 2 is 1.34 bits per heavy atom. The van der Waals surface area contributed by atoms with Gasteiger partial charge in [-0.3, -0.25) is 19.2 Å². The van der Waals surface area contributed by atoms with Crippen LogP contribution in [0.5, 0.6) is 5.75 Å². The summed E-state index contributed by atoms with van der Waals surface area (Å²) in [6, 6.07) is 24.4. The van der Waals surface area contributed by atoms with Crippen molar-refractivity contribution in [2.75, 3.05) is 32.1 Å². The Balaban J connectivity index is 1.51. The zero-order valence-electron chi connectivity index (χ0n) is 27.9. The van der Waals surface area contributed by atoms with E-state index in [2.05, 4.69) is 16.0 Å². The van der Waals surface area contributed by atoms with Gasteiger partial charge in [0.15, 0.2) is 5.41 Å². The van der Waals surface area contributed by atoms with Crippen molar-refractivity contribution < 1.29 is 41.8 Å². The van der Waals surface area contributed by atoms with Crippen LogP contribution < -0.4 is 20.7 Å². The highest BCUT2D eigenvalue weighted by Crippen LogP contribution is 2.34. The number of ether oxygens (including phenoxy) is 2. The van der Waals surface area contributed by atoms with Gasteiger partial charge in [0.1, 0.15) is 5.75 Å². The van der Waals surface area contributed by atoms with Crippen LogP contribution >= 0.6 is 0 Å². The molecule has 0 bridgehead atoms. The Kier molecular flexibility index (Phi) is 12.4. The number of hydrogen-bond donors (Lipinski definition) is 3. The quantitative estimate of drug-likeness (QED) is 0.105. The number of rotatable bonds is 14. The molecule has 0 fully saturated rings. The first-order valence-electron chi connectivity index (χ1n) is 16.0. The second-order valence-electron chi connectivity index (χ2n) is 11.2. The van der Waals surface area contributed by atoms with E-state index in [-0.39, 0.29) is 36.4 Å². The van der Waals surface area contributed by atoms with E-state index in [1.165, 1.54) is 19.2 Å². The van der Waals surface area contributed by atoms with Crippen molar-refractivity contribution in [1.82, 2.24) is 10.6 Å². The fourth-order valence-electron chi connectivity index (χ4n) is 5.63. The average Bonchev–Trinajstić information content (AvgIpc) is 3.10. The largest absolute Gasteiger partial charge is 0.494 e. The van der Waals surface area contributed by atoms with Gasteiger partial charge in [-0.15, -0.1) is 0 Å². The SMILES string of the molecule is CCNC(=O)C(CCOC(=O)Cc1cccc(NC(=O)c2ccccc2-c2ccc(C(F)(F)F)cc2)c1OC)(C(=O)NCC)c1ccccc1. The van der Waals surface area contributed by atoms with Gasteiger partial charge in [-0.05, 0) is 54.8 Å². The van der Waals surface area contributed by atoms with E-state index in [1.807, 2.05) is 0 Å². The summed E-state index contributed by atoms with van der Waals surface area (Å²) in [5.74, 6) is -2.04. The van der Waals surface area contributed by atoms with Crippen LogP contribution in [0.4, 0.5) is 18.9 Å². The lowest BCUT2D eigenvalue weighted by molar-refractivity contribution is -0.147. The number of anilines is 1. The third kappa shape index (κ3) is 8.49. The molecule has 0 atom stereocenters. The lowest BCUT2D eigenvalue weighted by Gasteiger charge is -2.31. The number of para-hydroxylation sites is 1. The summed E-state index contributed by atoms with van der Waals surface area (Å²) in [4.78, 5) is 53.4. The summed E-state index contributed by atoms with van der Waals surface area (Å²) in [6.07, 6.45) is -4.87. The van der Waals surface area contributed by atoms with Gasteiger partial charge in [-0.25, -0.2) is 0 Å². The second-order valence-corrected chi connectivity index (χ2v) is 11.2. The highest BCUT2D eigenvalue weighted by molar-refractivity contribution is 6.11. The van der Waals surface area contributed by atoms with Crippen molar-refractivity contribution >= 4 is 29.4 Å². The van der Waals surface area contributed by atoms with Crippen LogP contribution in [-0.4, -0.2) is 50.5 Å². The van der Waals surface area contributed by atoms with E-state index >= 15 is 0 Å². The molecule has 0 saturated heterocycles. The maximum absolute atomic E-state index is 13.5. The molecule has 4 rings (SSSR count). The van der Waals surface area contributed by atoms with Gasteiger partial charge < -0.3 is 25.4 Å². The number of benzene rings is 4. The number of esters is 1. The average molecular weight is 690 g/mol. The molecule has 0 aromatic heterocycles. The van der Waals surface area contributed by atoms with Crippen LogP contribution in [-0.2, 0) is 37.1 Å². The first kappa shape index (κ1) is 37.2. The number of amides is 3. The zero-order valence-corrected chi connectivity index (χ0v) is 27.9. The van der Waals surface area contributed by atoms with E-state index in [9.17, 15) is 32.3 Å². The van der Waals surface area contributed by atoms with Crippen molar-refractivity contribution in [2.24, 2.45) is 0 Å². The van der Waals surface area contributed by atoms with Crippen molar-refractivity contribution in [3.8, 4) is 16.9 Å². The smallest absolute Gasteiger partial charge is 0.416 e. The van der Waals surface area contributed by atoms with E-state index in [1.54, 1.807) is 86.6 Å². The lowest BCUT2D eigenvalue weighted by atomic mass is 9.75. The number of alkyl halides is 3. The Hall–Kier alpha value is -5.65. The number of carbonyl (C=O) groups excluding carboxylic acids is 4. The molecular weight excluding hydrogens is 651 g/mol. The van der Waals surface area contributed by atoms with E-state index in [4.69, 9.17) is 9.47 Å². The predicted octanol–water partition coefficient (Wildman–Crippen LogP) is 6.32. The van der Waals surface area contributed by atoms with E-state index < -0.39 is 40.8 Å². The van der Waals surface area contributed by atoms with Crippen LogP contribution in [0.15, 0.2) is 97.1 Å². The molecule has 3 amide bonds. The fourth-order valence-corrected chi connectivity index (χ4v) is 5.63. The highest BCUT2D eigenvalue weighted by atomic mass is 19.4. The molecule has 3 N–H and O–H groups in total. The van der Waals surface area contributed by atoms with Crippen molar-refractivity contribution in [3.05, 3.63) is 119 Å². The number of hydrogen-bond acceptors (Lipinski definition) is 6. The molecule has 0 aliphatic carbocycles. The molecule has 0 heterocycles. The third-order valence-electron chi connectivity index (χ3n) is 8.04. The summed E-state index contributed by atoms with van der Waals surface area (Å²) >= 11 is 0. The minimum absolute atomic E-state index is 0.119. The van der Waals surface area contributed by atoms with Gasteiger partial charge in [-0.1, -0.05) is 72.8 Å². The van der Waals surface area contributed by atoms with Gasteiger partial charge in [0.05, 0.1) is 31.4 Å². The van der Waals surface area contributed by atoms with E-state index in [0.29, 0.717) is 35.3 Å². The number of carbonyl (C=O) groups is 4. The Morgan fingerprint density at radius 3 is 1.94 bits per heavy atom. The molecule has 0 unspecified atom stereocenters. The molecule has 0 saturated carbocycles. The molecule has 4 aromatic carbocycles. The molecule has 262 valence electrons. The maximum atomic E-state index is 13.5. The highest BCUT2D eigenvalue weighted by Gasteiger charge is 2.47. The van der Waals surface area contributed by atoms with Crippen LogP contribution in [0.2, 0.25) is 0 Å². The second kappa shape index (κ2) is 16.6. The Labute approximate surface area is 288 Å². The molecule has 50 heavy (non-hydrogen) atoms. The molecule has 0 aliphatic heterocycles. The third-order valence-corrected chi connectivity index (χ3v) is 8.04. The first-order valence-corrected chi connectivity index (χ1v) is 16.0. The summed E-state index contributed by atoms with van der Waals surface area (Å²) in [6.45, 7) is 3.82. The van der Waals surface area contributed by atoms with Gasteiger partial charge >= 0.3 is 12.1 Å². The van der Waals surface area contributed by atoms with Crippen LogP contribution in [0.25, 0.3) is 11.1 Å². The Morgan fingerprint density at radius 1 is 0.720 bits per heavy atom. The molecule has 4 aromatic rings. The van der Waals surface area contributed by atoms with Crippen LogP contribution in [0, 0.1) is 0 Å². The number of likely N-dealkylation sites (N-methyl/N-ethyl adjacent to an activating group) is 2. The summed E-state index contributed by atoms with van der Waals surface area (Å²) in [5, 5.41) is 8.26. The van der Waals surface area contributed by atoms with Crippen molar-refractivity contribution in [1.29, 1.82) is 0 Å². The summed E-state index contributed by atoms with van der Waals surface area (Å²) in [7, 11) is 1.38. The molecule has 0 spiro atoms. The minimum atomic E-state index is -4.49. The Bertz CT molecular complexity index is 1790. The van der Waals surface area contributed by atoms with Crippen LogP contribution in [0.3, 0.4) is 0 Å². The monoisotopic (exact) mass is 689 g/mol. The van der Waals surface area contributed by atoms with Gasteiger partial charge in [-0.2, -0.15) is 13.2 Å². The summed E-state index contributed by atoms with van der Waals surface area (Å²) < 4.78 is 50.4. The predicted molar refractivity (Wildman–Crippen MR) is 183 cm³/mol. The zero-order chi connectivity index (χ0) is 36.3. The fraction of sp³-hybridized carbons (Fsp3) is 0.263. The van der Waals surface area contributed by atoms with Gasteiger partial charge in [0, 0.05) is 30.6 Å². The minimum Gasteiger partial charge on any atom is -0.494 e. The number of methoxy groups -OCH3 is 1. The van der Waals surface area contributed by atoms with Gasteiger partial charge in [0.25, 0.3) is 5.91 Å². The first-order chi connectivity index (χ1) is 24.0. The van der Waals surface area contributed by atoms with E-state index in [0.717, 1.165) is 12.1 Å². The molecule has 0 aliphatic rings. The number of nitrogens with one attached hydrogen (secondary N) is 3. The molecule has 0 radical (unpaired) electrons. The van der Waals surface area contributed by atoms with Crippen molar-refractivity contribution in [2.45, 2.75) is 38.3 Å². The van der Waals surface area contributed by atoms with Crippen LogP contribution in [0.1, 0.15) is 47.3 Å². The molecule has 12 heteroatoms. The standard InChI is InChI=1S/C38H38F3N3O6/c1-4-42-35(47)37(36(48)43-5-2,27-13-7-6-8-14-27)22-23-50-32(45)24-26-12-11-17-31(33(26)49-3)44-34(46)30-16-10-9-15-29(30)25-18-20-28(21-19-25)38(39,40)41/h6-21H,4-5,22-24H2,1-3H3,(H,42,47)(H,43,48)(H,44,46). The topological polar surface area (TPSA) is 123 Å². The van der Waals surface area contributed by atoms with Gasteiger partial charge in [0.2, 0.25) is 11.8 Å². The molecular formula is C38H38F3N3O6. The lowest BCUT2D eigenvalue weighted by Crippen LogP contribution is -2.55. The number of halogens is 3. The molecule has 9 nitrogen and oxygen atoms in total. The maximum Gasteiger partial charge on any atom is 0.416 e. The van der Waals surface area contributed by atoms with Crippen molar-refractivity contribution in [3.63, 3.8) is 0 Å². The normalized spacial score (nSPS) is 11.3. The summed E-state index contributed by atoms with van der Waals surface area (Å²) in [5.41, 5.74) is -0.298.